The Kier molecular flexibility index (Phi) is 6.72. The lowest BCUT2D eigenvalue weighted by Crippen LogP contribution is -2.34. The first-order chi connectivity index (χ1) is 8.65. The number of esters is 1. The molecule has 0 aromatic carbocycles. The number of nitrogens with one attached hydrogen (secondary N) is 1. The van der Waals surface area contributed by atoms with Crippen LogP contribution in [0.5, 0.6) is 0 Å². The zero-order valence-corrected chi connectivity index (χ0v) is 11.2. The summed E-state index contributed by atoms with van der Waals surface area (Å²) in [5.41, 5.74) is 0. The van der Waals surface area contributed by atoms with Crippen molar-refractivity contribution in [3.8, 4) is 0 Å². The van der Waals surface area contributed by atoms with Gasteiger partial charge in [-0.1, -0.05) is 6.42 Å². The van der Waals surface area contributed by atoms with Gasteiger partial charge < -0.3 is 14.8 Å². The lowest BCUT2D eigenvalue weighted by Gasteiger charge is -2.13. The zero-order valence-electron chi connectivity index (χ0n) is 11.2. The van der Waals surface area contributed by atoms with E-state index in [0.717, 1.165) is 25.7 Å². The highest BCUT2D eigenvalue weighted by molar-refractivity contribution is 5.79. The Labute approximate surface area is 108 Å². The monoisotopic (exact) mass is 257 g/mol. The molecule has 1 aliphatic heterocycles. The molecule has 0 aromatic heterocycles. The third-order valence-electron chi connectivity index (χ3n) is 3.30. The first-order valence-electron chi connectivity index (χ1n) is 6.61. The Morgan fingerprint density at radius 2 is 2.11 bits per heavy atom. The summed E-state index contributed by atoms with van der Waals surface area (Å²) >= 11 is 0. The van der Waals surface area contributed by atoms with E-state index in [1.807, 2.05) is 6.92 Å². The van der Waals surface area contributed by atoms with Crippen molar-refractivity contribution in [2.24, 2.45) is 5.92 Å². The van der Waals surface area contributed by atoms with E-state index in [4.69, 9.17) is 4.74 Å². The molecule has 0 aliphatic carbocycles. The number of carbonyl (C=O) groups is 2. The number of hydrogen-bond acceptors (Lipinski definition) is 4. The summed E-state index contributed by atoms with van der Waals surface area (Å²) in [5, 5.41) is 2.92. The lowest BCUT2D eigenvalue weighted by molar-refractivity contribution is -0.140. The maximum atomic E-state index is 11.8. The van der Waals surface area contributed by atoms with E-state index in [1.165, 1.54) is 7.11 Å². The highest BCUT2D eigenvalue weighted by Gasteiger charge is 2.30. The number of rotatable bonds is 7. The summed E-state index contributed by atoms with van der Waals surface area (Å²) < 4.78 is 9.91. The number of carbonyl (C=O) groups excluding carboxylic acids is 2. The predicted molar refractivity (Wildman–Crippen MR) is 67.0 cm³/mol. The van der Waals surface area contributed by atoms with Gasteiger partial charge in [0, 0.05) is 19.6 Å². The van der Waals surface area contributed by atoms with Crippen molar-refractivity contribution in [1.29, 1.82) is 0 Å². The van der Waals surface area contributed by atoms with Crippen LogP contribution in [0, 0.1) is 5.92 Å². The quantitative estimate of drug-likeness (QED) is 0.551. The van der Waals surface area contributed by atoms with Crippen molar-refractivity contribution in [2.75, 3.05) is 20.3 Å². The van der Waals surface area contributed by atoms with Crippen LogP contribution in [0.3, 0.4) is 0 Å². The molecule has 1 saturated heterocycles. The fraction of sp³-hybridized carbons (Fsp3) is 0.846. The molecule has 0 radical (unpaired) electrons. The first kappa shape index (κ1) is 15.0. The van der Waals surface area contributed by atoms with Crippen LogP contribution in [0.2, 0.25) is 0 Å². The number of ether oxygens (including phenoxy) is 2. The number of amides is 1. The molecule has 0 aromatic rings. The molecule has 18 heavy (non-hydrogen) atoms. The van der Waals surface area contributed by atoms with Gasteiger partial charge in [-0.3, -0.25) is 9.59 Å². The number of hydrogen-bond donors (Lipinski definition) is 1. The van der Waals surface area contributed by atoms with Crippen molar-refractivity contribution < 1.29 is 19.1 Å². The average molecular weight is 257 g/mol. The molecule has 0 saturated carbocycles. The van der Waals surface area contributed by atoms with Crippen molar-refractivity contribution in [1.82, 2.24) is 5.32 Å². The van der Waals surface area contributed by atoms with E-state index in [9.17, 15) is 9.59 Å². The average Bonchev–Trinajstić information content (AvgIpc) is 2.79. The molecule has 1 fully saturated rings. The molecule has 0 bridgehead atoms. The molecule has 1 amide bonds. The van der Waals surface area contributed by atoms with E-state index < -0.39 is 0 Å². The standard InChI is InChI=1S/C13H23NO4/c1-10-11(7-9-18-10)13(16)14-8-5-3-4-6-12(15)17-2/h10-11H,3-9H2,1-2H3,(H,14,16). The van der Waals surface area contributed by atoms with E-state index in [1.54, 1.807) is 0 Å². The molecule has 104 valence electrons. The summed E-state index contributed by atoms with van der Waals surface area (Å²) in [5.74, 6) is -0.0796. The van der Waals surface area contributed by atoms with Crippen LogP contribution in [0.1, 0.15) is 39.0 Å². The van der Waals surface area contributed by atoms with Crippen molar-refractivity contribution in [2.45, 2.75) is 45.1 Å². The second-order valence-corrected chi connectivity index (χ2v) is 4.65. The zero-order chi connectivity index (χ0) is 13.4. The van der Waals surface area contributed by atoms with Gasteiger partial charge in [-0.05, 0) is 26.2 Å². The molecular weight excluding hydrogens is 234 g/mol. The molecule has 0 spiro atoms. The Bertz CT molecular complexity index is 280. The van der Waals surface area contributed by atoms with E-state index in [0.29, 0.717) is 19.6 Å². The minimum Gasteiger partial charge on any atom is -0.469 e. The summed E-state index contributed by atoms with van der Waals surface area (Å²) in [6.07, 6.45) is 3.93. The van der Waals surface area contributed by atoms with E-state index >= 15 is 0 Å². The summed E-state index contributed by atoms with van der Waals surface area (Å²) in [4.78, 5) is 22.6. The maximum Gasteiger partial charge on any atom is 0.305 e. The van der Waals surface area contributed by atoms with Gasteiger partial charge in [0.25, 0.3) is 0 Å². The topological polar surface area (TPSA) is 64.6 Å². The second kappa shape index (κ2) is 8.08. The molecule has 1 heterocycles. The lowest BCUT2D eigenvalue weighted by atomic mass is 10.0. The Balaban J connectivity index is 2.00. The van der Waals surface area contributed by atoms with Crippen LogP contribution in [0.25, 0.3) is 0 Å². The molecule has 2 unspecified atom stereocenters. The van der Waals surface area contributed by atoms with Crippen LogP contribution in [-0.2, 0) is 19.1 Å². The van der Waals surface area contributed by atoms with Crippen molar-refractivity contribution in [3.63, 3.8) is 0 Å². The first-order valence-corrected chi connectivity index (χ1v) is 6.61. The van der Waals surface area contributed by atoms with Gasteiger partial charge in [0.05, 0.1) is 19.1 Å². The number of methoxy groups -OCH3 is 1. The van der Waals surface area contributed by atoms with Gasteiger partial charge in [0.1, 0.15) is 0 Å². The maximum absolute atomic E-state index is 11.8. The molecule has 1 rings (SSSR count). The third kappa shape index (κ3) is 5.04. The third-order valence-corrected chi connectivity index (χ3v) is 3.30. The van der Waals surface area contributed by atoms with Gasteiger partial charge >= 0.3 is 5.97 Å². The van der Waals surface area contributed by atoms with Gasteiger partial charge in [0.2, 0.25) is 5.91 Å². The summed E-state index contributed by atoms with van der Waals surface area (Å²) in [6, 6.07) is 0. The largest absolute Gasteiger partial charge is 0.469 e. The number of unbranched alkanes of at least 4 members (excludes halogenated alkanes) is 2. The molecule has 1 aliphatic rings. The van der Waals surface area contributed by atoms with Crippen LogP contribution < -0.4 is 5.32 Å². The van der Waals surface area contributed by atoms with Crippen LogP contribution >= 0.6 is 0 Å². The smallest absolute Gasteiger partial charge is 0.305 e. The molecule has 2 atom stereocenters. The van der Waals surface area contributed by atoms with E-state index in [2.05, 4.69) is 10.1 Å². The SMILES string of the molecule is COC(=O)CCCCCNC(=O)C1CCOC1C. The minimum absolute atomic E-state index is 0.0000640. The van der Waals surface area contributed by atoms with Crippen molar-refractivity contribution >= 4 is 11.9 Å². The predicted octanol–water partition coefficient (Wildman–Crippen LogP) is 1.26. The van der Waals surface area contributed by atoms with Gasteiger partial charge in [-0.15, -0.1) is 0 Å². The second-order valence-electron chi connectivity index (χ2n) is 4.65. The van der Waals surface area contributed by atoms with Crippen LogP contribution in [0.15, 0.2) is 0 Å². The molecule has 5 nitrogen and oxygen atoms in total. The fourth-order valence-corrected chi connectivity index (χ4v) is 2.09. The van der Waals surface area contributed by atoms with Crippen LogP contribution in [-0.4, -0.2) is 38.2 Å². The fourth-order valence-electron chi connectivity index (χ4n) is 2.09. The Morgan fingerprint density at radius 3 is 2.72 bits per heavy atom. The molecular formula is C13H23NO4. The van der Waals surface area contributed by atoms with Gasteiger partial charge in [0.15, 0.2) is 0 Å². The van der Waals surface area contributed by atoms with Gasteiger partial charge in [-0.25, -0.2) is 0 Å². The Morgan fingerprint density at radius 1 is 1.33 bits per heavy atom. The molecule has 1 N–H and O–H groups in total. The van der Waals surface area contributed by atoms with E-state index in [-0.39, 0.29) is 23.9 Å². The van der Waals surface area contributed by atoms with Gasteiger partial charge in [-0.2, -0.15) is 0 Å². The van der Waals surface area contributed by atoms with Crippen molar-refractivity contribution in [3.05, 3.63) is 0 Å². The summed E-state index contributed by atoms with van der Waals surface area (Å²) in [7, 11) is 1.40. The highest BCUT2D eigenvalue weighted by Crippen LogP contribution is 2.20. The molecule has 5 heteroatoms. The summed E-state index contributed by atoms with van der Waals surface area (Å²) in [6.45, 7) is 3.29. The minimum atomic E-state index is -0.170. The normalized spacial score (nSPS) is 22.8. The Hall–Kier alpha value is -1.10. The van der Waals surface area contributed by atoms with Crippen LogP contribution in [0.4, 0.5) is 0 Å². The highest BCUT2D eigenvalue weighted by atomic mass is 16.5.